The Morgan fingerprint density at radius 1 is 0.833 bits per heavy atom. The van der Waals surface area contributed by atoms with Crippen LogP contribution in [-0.4, -0.2) is 50.1 Å². The van der Waals surface area contributed by atoms with Gasteiger partial charge in [-0.05, 0) is 29.8 Å². The van der Waals surface area contributed by atoms with Crippen LogP contribution in [-0.2, 0) is 16.1 Å². The summed E-state index contributed by atoms with van der Waals surface area (Å²) in [5, 5.41) is 2.78. The number of urea groups is 1. The number of carbonyl (C=O) groups excluding carboxylic acids is 3. The second-order valence-corrected chi connectivity index (χ2v) is 8.14. The summed E-state index contributed by atoms with van der Waals surface area (Å²) < 4.78 is 15.7. The molecule has 1 atom stereocenters. The van der Waals surface area contributed by atoms with Crippen LogP contribution in [0.1, 0.15) is 12.0 Å². The molecule has 1 fully saturated rings. The molecule has 0 aromatic heterocycles. The van der Waals surface area contributed by atoms with Crippen molar-refractivity contribution in [3.8, 4) is 17.2 Å². The molecule has 0 bridgehead atoms. The SMILES string of the molecule is COc1ccc(CN2C(=O)N(c3ccccc3)C(=O)[C@H]2CC(=O)Nc2cc(OC)cc(OC)c2)cc1. The zero-order valence-electron chi connectivity index (χ0n) is 20.3. The van der Waals surface area contributed by atoms with Gasteiger partial charge in [-0.3, -0.25) is 9.59 Å². The third-order valence-corrected chi connectivity index (χ3v) is 5.86. The number of nitrogens with one attached hydrogen (secondary N) is 1. The molecule has 186 valence electrons. The Morgan fingerprint density at radius 2 is 1.44 bits per heavy atom. The minimum Gasteiger partial charge on any atom is -0.497 e. The monoisotopic (exact) mass is 489 g/mol. The number of ether oxygens (including phenoxy) is 3. The van der Waals surface area contributed by atoms with Crippen LogP contribution in [0.25, 0.3) is 0 Å². The first-order valence-corrected chi connectivity index (χ1v) is 11.3. The van der Waals surface area contributed by atoms with Crippen LogP contribution in [0.2, 0.25) is 0 Å². The number of benzene rings is 3. The molecule has 9 nitrogen and oxygen atoms in total. The van der Waals surface area contributed by atoms with Crippen LogP contribution in [0, 0.1) is 0 Å². The number of carbonyl (C=O) groups is 3. The maximum atomic E-state index is 13.4. The molecule has 9 heteroatoms. The molecule has 36 heavy (non-hydrogen) atoms. The standard InChI is InChI=1S/C27H27N3O6/c1-34-21-11-9-18(10-12-21)17-29-24(26(32)30(27(29)33)20-7-5-4-6-8-20)16-25(31)28-19-13-22(35-2)15-23(14-19)36-3/h4-15,24H,16-17H2,1-3H3,(H,28,31)/t24-/m1/s1. The molecular formula is C27H27N3O6. The van der Waals surface area contributed by atoms with E-state index < -0.39 is 23.9 Å². The maximum absolute atomic E-state index is 13.4. The predicted octanol–water partition coefficient (Wildman–Crippen LogP) is 4.08. The fourth-order valence-corrected chi connectivity index (χ4v) is 4.02. The lowest BCUT2D eigenvalue weighted by molar-refractivity contribution is -0.124. The van der Waals surface area contributed by atoms with Gasteiger partial charge >= 0.3 is 6.03 Å². The van der Waals surface area contributed by atoms with E-state index in [1.165, 1.54) is 19.1 Å². The maximum Gasteiger partial charge on any atom is 0.332 e. The fraction of sp³-hybridized carbons (Fsp3) is 0.222. The largest absolute Gasteiger partial charge is 0.497 e. The van der Waals surface area contributed by atoms with E-state index >= 15 is 0 Å². The van der Waals surface area contributed by atoms with Crippen LogP contribution in [0.4, 0.5) is 16.2 Å². The second kappa shape index (κ2) is 10.8. The summed E-state index contributed by atoms with van der Waals surface area (Å²) in [4.78, 5) is 42.4. The van der Waals surface area contributed by atoms with Crippen LogP contribution in [0.3, 0.4) is 0 Å². The number of imide groups is 1. The third-order valence-electron chi connectivity index (χ3n) is 5.86. The average molecular weight is 490 g/mol. The highest BCUT2D eigenvalue weighted by molar-refractivity contribution is 6.22. The summed E-state index contributed by atoms with van der Waals surface area (Å²) >= 11 is 0. The summed E-state index contributed by atoms with van der Waals surface area (Å²) in [5.41, 5.74) is 1.71. The van der Waals surface area contributed by atoms with Gasteiger partial charge < -0.3 is 24.4 Å². The van der Waals surface area contributed by atoms with Gasteiger partial charge in [0.2, 0.25) is 5.91 Å². The van der Waals surface area contributed by atoms with Gasteiger partial charge in [-0.25, -0.2) is 9.69 Å². The van der Waals surface area contributed by atoms with Gasteiger partial charge in [-0.1, -0.05) is 30.3 Å². The molecule has 1 heterocycles. The van der Waals surface area contributed by atoms with Crippen LogP contribution in [0.15, 0.2) is 72.8 Å². The third kappa shape index (κ3) is 5.25. The molecule has 4 amide bonds. The minimum absolute atomic E-state index is 0.156. The van der Waals surface area contributed by atoms with Crippen molar-refractivity contribution in [3.63, 3.8) is 0 Å². The first kappa shape index (κ1) is 24.6. The zero-order valence-corrected chi connectivity index (χ0v) is 20.3. The van der Waals surface area contributed by atoms with E-state index in [9.17, 15) is 14.4 Å². The van der Waals surface area contributed by atoms with Crippen molar-refractivity contribution in [2.24, 2.45) is 0 Å². The summed E-state index contributed by atoms with van der Waals surface area (Å²) in [5.74, 6) is 0.809. The lowest BCUT2D eigenvalue weighted by Gasteiger charge is -2.22. The highest BCUT2D eigenvalue weighted by Crippen LogP contribution is 2.30. The van der Waals surface area contributed by atoms with Gasteiger partial charge in [-0.2, -0.15) is 0 Å². The van der Waals surface area contributed by atoms with Crippen molar-refractivity contribution in [2.75, 3.05) is 31.5 Å². The molecule has 0 radical (unpaired) electrons. The van der Waals surface area contributed by atoms with Gasteiger partial charge in [0.15, 0.2) is 0 Å². The lowest BCUT2D eigenvalue weighted by atomic mass is 10.1. The zero-order chi connectivity index (χ0) is 25.7. The lowest BCUT2D eigenvalue weighted by Crippen LogP contribution is -2.37. The van der Waals surface area contributed by atoms with Crippen LogP contribution < -0.4 is 24.4 Å². The van der Waals surface area contributed by atoms with Gasteiger partial charge in [0.05, 0.1) is 33.4 Å². The molecule has 3 aromatic carbocycles. The number of nitrogens with zero attached hydrogens (tertiary/aromatic N) is 2. The fourth-order valence-electron chi connectivity index (χ4n) is 4.02. The summed E-state index contributed by atoms with van der Waals surface area (Å²) in [6.07, 6.45) is -0.219. The van der Waals surface area contributed by atoms with E-state index in [2.05, 4.69) is 5.32 Å². The number of amides is 4. The average Bonchev–Trinajstić information content (AvgIpc) is 3.13. The minimum atomic E-state index is -0.979. The van der Waals surface area contributed by atoms with Gasteiger partial charge in [0, 0.05) is 30.4 Å². The van der Waals surface area contributed by atoms with Crippen molar-refractivity contribution < 1.29 is 28.6 Å². The molecule has 1 aliphatic rings. The number of methoxy groups -OCH3 is 3. The second-order valence-electron chi connectivity index (χ2n) is 8.14. The molecule has 0 unspecified atom stereocenters. The van der Waals surface area contributed by atoms with E-state index in [1.54, 1.807) is 67.8 Å². The highest BCUT2D eigenvalue weighted by Gasteiger charge is 2.46. The van der Waals surface area contributed by atoms with E-state index in [1.807, 2.05) is 12.1 Å². The molecule has 1 aliphatic heterocycles. The summed E-state index contributed by atoms with van der Waals surface area (Å²) in [6, 6.07) is 19.4. The molecule has 0 spiro atoms. The molecular weight excluding hydrogens is 462 g/mol. The van der Waals surface area contributed by atoms with Crippen LogP contribution in [0.5, 0.6) is 17.2 Å². The van der Waals surface area contributed by atoms with E-state index in [0.717, 1.165) is 10.5 Å². The molecule has 4 rings (SSSR count). The number of hydrogen-bond donors (Lipinski definition) is 1. The number of para-hydroxylation sites is 1. The molecule has 0 saturated carbocycles. The van der Waals surface area contributed by atoms with E-state index in [4.69, 9.17) is 14.2 Å². The molecule has 1 N–H and O–H groups in total. The smallest absolute Gasteiger partial charge is 0.332 e. The van der Waals surface area contributed by atoms with Crippen LogP contribution >= 0.6 is 0 Å². The van der Waals surface area contributed by atoms with Crippen molar-refractivity contribution in [2.45, 2.75) is 19.0 Å². The van der Waals surface area contributed by atoms with Crippen molar-refractivity contribution in [1.29, 1.82) is 0 Å². The van der Waals surface area contributed by atoms with Gasteiger partial charge in [0.25, 0.3) is 5.91 Å². The number of rotatable bonds is 9. The number of hydrogen-bond acceptors (Lipinski definition) is 6. The molecule has 0 aliphatic carbocycles. The highest BCUT2D eigenvalue weighted by atomic mass is 16.5. The Balaban J connectivity index is 1.59. The topological polar surface area (TPSA) is 97.4 Å². The summed E-state index contributed by atoms with van der Waals surface area (Å²) in [6.45, 7) is 0.156. The van der Waals surface area contributed by atoms with Crippen molar-refractivity contribution in [3.05, 3.63) is 78.4 Å². The Morgan fingerprint density at radius 3 is 2.03 bits per heavy atom. The summed E-state index contributed by atoms with van der Waals surface area (Å²) in [7, 11) is 4.60. The normalized spacial score (nSPS) is 15.1. The van der Waals surface area contributed by atoms with Gasteiger partial charge in [0.1, 0.15) is 23.3 Å². The number of anilines is 2. The predicted molar refractivity (Wildman–Crippen MR) is 134 cm³/mol. The van der Waals surface area contributed by atoms with E-state index in [0.29, 0.717) is 28.6 Å². The quantitative estimate of drug-likeness (QED) is 0.455. The van der Waals surface area contributed by atoms with Gasteiger partial charge in [-0.15, -0.1) is 0 Å². The Labute approximate surface area is 209 Å². The van der Waals surface area contributed by atoms with Crippen molar-refractivity contribution in [1.82, 2.24) is 4.90 Å². The Bertz CT molecular complexity index is 1220. The Kier molecular flexibility index (Phi) is 7.39. The first-order valence-electron chi connectivity index (χ1n) is 11.3. The van der Waals surface area contributed by atoms with E-state index in [-0.39, 0.29) is 13.0 Å². The molecule has 1 saturated heterocycles. The van der Waals surface area contributed by atoms with Crippen molar-refractivity contribution >= 4 is 29.2 Å². The Hall–Kier alpha value is -4.53. The first-order chi connectivity index (χ1) is 17.4. The molecule has 3 aromatic rings.